The lowest BCUT2D eigenvalue weighted by Gasteiger charge is -2.28. The van der Waals surface area contributed by atoms with Gasteiger partial charge in [0.15, 0.2) is 0 Å². The fourth-order valence-electron chi connectivity index (χ4n) is 4.02. The van der Waals surface area contributed by atoms with Crippen LogP contribution in [-0.4, -0.2) is 16.6 Å². The van der Waals surface area contributed by atoms with Crippen molar-refractivity contribution in [3.05, 3.63) is 70.1 Å². The first kappa shape index (κ1) is 17.5. The van der Waals surface area contributed by atoms with Gasteiger partial charge in [-0.2, -0.15) is 0 Å². The fraction of sp³-hybridized carbons (Fsp3) is 0.333. The molecule has 0 saturated carbocycles. The minimum absolute atomic E-state index is 0.172. The Hall–Kier alpha value is -1.88. The van der Waals surface area contributed by atoms with Gasteiger partial charge in [-0.3, -0.25) is 0 Å². The maximum atomic E-state index is 13.2. The summed E-state index contributed by atoms with van der Waals surface area (Å²) in [6.45, 7) is 3.47. The highest BCUT2D eigenvalue weighted by molar-refractivity contribution is 6.31. The van der Waals surface area contributed by atoms with Crippen LogP contribution in [0, 0.1) is 5.82 Å². The molecule has 136 valence electrons. The molecule has 0 aliphatic carbocycles. The fourth-order valence-corrected chi connectivity index (χ4v) is 4.20. The monoisotopic (exact) mass is 372 g/mol. The molecule has 0 amide bonds. The van der Waals surface area contributed by atoms with Crippen LogP contribution >= 0.6 is 11.6 Å². The van der Waals surface area contributed by atoms with Crippen LogP contribution in [0.5, 0.6) is 0 Å². The van der Waals surface area contributed by atoms with Crippen molar-refractivity contribution in [3.63, 3.8) is 0 Å². The van der Waals surface area contributed by atoms with Crippen molar-refractivity contribution in [2.45, 2.75) is 37.8 Å². The van der Waals surface area contributed by atoms with E-state index < -0.39 is 5.60 Å². The van der Waals surface area contributed by atoms with Crippen molar-refractivity contribution in [1.82, 2.24) is 10.3 Å². The molecule has 0 spiro atoms. The molecule has 0 bridgehead atoms. The van der Waals surface area contributed by atoms with Gasteiger partial charge in [-0.1, -0.05) is 23.7 Å². The molecule has 0 saturated heterocycles. The van der Waals surface area contributed by atoms with Crippen molar-refractivity contribution in [1.29, 1.82) is 0 Å². The van der Waals surface area contributed by atoms with Crippen molar-refractivity contribution >= 4 is 22.5 Å². The van der Waals surface area contributed by atoms with Gasteiger partial charge in [-0.25, -0.2) is 4.39 Å². The predicted molar refractivity (Wildman–Crippen MR) is 103 cm³/mol. The van der Waals surface area contributed by atoms with E-state index in [9.17, 15) is 9.50 Å². The first-order valence-electron chi connectivity index (χ1n) is 8.93. The lowest BCUT2D eigenvalue weighted by atomic mass is 9.82. The number of halogens is 2. The maximum Gasteiger partial charge on any atom is 0.123 e. The Morgan fingerprint density at radius 3 is 2.77 bits per heavy atom. The maximum absolute atomic E-state index is 13.2. The highest BCUT2D eigenvalue weighted by atomic mass is 35.5. The summed E-state index contributed by atoms with van der Waals surface area (Å²) >= 11 is 6.19. The average molecular weight is 373 g/mol. The van der Waals surface area contributed by atoms with Crippen LogP contribution in [0.3, 0.4) is 0 Å². The Bertz CT molecular complexity index is 933. The van der Waals surface area contributed by atoms with Crippen molar-refractivity contribution in [2.75, 3.05) is 6.54 Å². The van der Waals surface area contributed by atoms with E-state index in [-0.39, 0.29) is 11.7 Å². The Labute approximate surface area is 157 Å². The number of aromatic nitrogens is 1. The first-order chi connectivity index (χ1) is 12.4. The zero-order valence-electron chi connectivity index (χ0n) is 14.7. The highest BCUT2D eigenvalue weighted by Crippen LogP contribution is 2.39. The van der Waals surface area contributed by atoms with Crippen LogP contribution in [-0.2, 0) is 12.1 Å². The summed E-state index contributed by atoms with van der Waals surface area (Å²) in [7, 11) is 0. The molecule has 2 aromatic carbocycles. The summed E-state index contributed by atoms with van der Waals surface area (Å²) in [5, 5.41) is 16.4. The van der Waals surface area contributed by atoms with E-state index in [0.29, 0.717) is 6.42 Å². The van der Waals surface area contributed by atoms with E-state index in [4.69, 9.17) is 11.6 Å². The lowest BCUT2D eigenvalue weighted by molar-refractivity contribution is 0.0387. The molecule has 1 aliphatic heterocycles. The summed E-state index contributed by atoms with van der Waals surface area (Å²) in [5.74, 6) is -0.121. The van der Waals surface area contributed by atoms with E-state index in [2.05, 4.69) is 10.3 Å². The van der Waals surface area contributed by atoms with Crippen LogP contribution < -0.4 is 5.32 Å². The number of aliphatic hydroxyl groups is 1. The molecule has 0 fully saturated rings. The molecule has 1 aromatic heterocycles. The lowest BCUT2D eigenvalue weighted by Crippen LogP contribution is -2.25. The second-order valence-electron chi connectivity index (χ2n) is 7.35. The van der Waals surface area contributed by atoms with Gasteiger partial charge >= 0.3 is 0 Å². The van der Waals surface area contributed by atoms with Crippen molar-refractivity contribution in [3.8, 4) is 0 Å². The Morgan fingerprint density at radius 2 is 2.00 bits per heavy atom. The van der Waals surface area contributed by atoms with Gasteiger partial charge < -0.3 is 15.4 Å². The van der Waals surface area contributed by atoms with Gasteiger partial charge in [0.25, 0.3) is 0 Å². The molecule has 3 nitrogen and oxygen atoms in total. The van der Waals surface area contributed by atoms with Gasteiger partial charge in [0.2, 0.25) is 0 Å². The largest absolute Gasteiger partial charge is 0.385 e. The topological polar surface area (TPSA) is 48.0 Å². The molecule has 2 atom stereocenters. The number of aromatic amines is 1. The predicted octanol–water partition coefficient (Wildman–Crippen LogP) is 4.84. The molecule has 5 heteroatoms. The SMILES string of the molecule is CC(O)(CC1CCNCc2c1[nH]c1ccc(Cl)cc21)c1ccc(F)cc1. The van der Waals surface area contributed by atoms with Crippen molar-refractivity contribution in [2.24, 2.45) is 0 Å². The van der Waals surface area contributed by atoms with E-state index in [1.165, 1.54) is 17.7 Å². The molecule has 3 aromatic rings. The molecule has 4 rings (SSSR count). The van der Waals surface area contributed by atoms with Crippen LogP contribution in [0.2, 0.25) is 5.02 Å². The third-order valence-electron chi connectivity index (χ3n) is 5.39. The molecule has 2 heterocycles. The number of fused-ring (bicyclic) bond motifs is 3. The highest BCUT2D eigenvalue weighted by Gasteiger charge is 2.31. The van der Waals surface area contributed by atoms with E-state index in [1.54, 1.807) is 19.1 Å². The zero-order valence-corrected chi connectivity index (χ0v) is 15.4. The van der Waals surface area contributed by atoms with Gasteiger partial charge in [-0.15, -0.1) is 0 Å². The normalized spacial score (nSPS) is 19.8. The smallest absolute Gasteiger partial charge is 0.123 e. The Kier molecular flexibility index (Phi) is 4.51. The number of hydrogen-bond acceptors (Lipinski definition) is 2. The average Bonchev–Trinajstić information content (AvgIpc) is 2.84. The van der Waals surface area contributed by atoms with E-state index >= 15 is 0 Å². The second-order valence-corrected chi connectivity index (χ2v) is 7.79. The van der Waals surface area contributed by atoms with Crippen LogP contribution in [0.25, 0.3) is 10.9 Å². The van der Waals surface area contributed by atoms with Gasteiger partial charge in [0.05, 0.1) is 5.60 Å². The molecular formula is C21H22ClFN2O. The third-order valence-corrected chi connectivity index (χ3v) is 5.63. The van der Waals surface area contributed by atoms with E-state index in [0.717, 1.165) is 46.7 Å². The molecular weight excluding hydrogens is 351 g/mol. The summed E-state index contributed by atoms with van der Waals surface area (Å²) in [6, 6.07) is 12.0. The van der Waals surface area contributed by atoms with Gasteiger partial charge in [0.1, 0.15) is 5.82 Å². The molecule has 2 unspecified atom stereocenters. The number of H-pyrrole nitrogens is 1. The van der Waals surface area contributed by atoms with Crippen LogP contribution in [0.4, 0.5) is 4.39 Å². The molecule has 3 N–H and O–H groups in total. The number of nitrogens with one attached hydrogen (secondary N) is 2. The second kappa shape index (κ2) is 6.69. The zero-order chi connectivity index (χ0) is 18.3. The summed E-state index contributed by atoms with van der Waals surface area (Å²) < 4.78 is 13.2. The Morgan fingerprint density at radius 1 is 1.23 bits per heavy atom. The third kappa shape index (κ3) is 3.25. The van der Waals surface area contributed by atoms with Gasteiger partial charge in [-0.05, 0) is 67.8 Å². The summed E-state index contributed by atoms with van der Waals surface area (Å²) in [4.78, 5) is 3.55. The number of benzene rings is 2. The first-order valence-corrected chi connectivity index (χ1v) is 9.31. The Balaban J connectivity index is 1.71. The minimum Gasteiger partial charge on any atom is -0.385 e. The molecule has 0 radical (unpaired) electrons. The number of rotatable bonds is 3. The van der Waals surface area contributed by atoms with Crippen LogP contribution in [0.15, 0.2) is 42.5 Å². The standard InChI is InChI=1S/C21H22ClFN2O/c1-21(26,14-2-5-16(23)6-3-14)11-13-8-9-24-12-18-17-10-15(22)4-7-19(17)25-20(13)18/h2-7,10,13,24-26H,8-9,11-12H2,1H3. The summed E-state index contributed by atoms with van der Waals surface area (Å²) in [5.41, 5.74) is 3.15. The summed E-state index contributed by atoms with van der Waals surface area (Å²) in [6.07, 6.45) is 1.48. The minimum atomic E-state index is -1.03. The van der Waals surface area contributed by atoms with E-state index in [1.807, 2.05) is 18.2 Å². The van der Waals surface area contributed by atoms with Crippen molar-refractivity contribution < 1.29 is 9.50 Å². The van der Waals surface area contributed by atoms with Gasteiger partial charge in [0, 0.05) is 34.1 Å². The number of hydrogen-bond donors (Lipinski definition) is 3. The van der Waals surface area contributed by atoms with Crippen LogP contribution in [0.1, 0.15) is 42.5 Å². The quantitative estimate of drug-likeness (QED) is 0.616. The molecule has 1 aliphatic rings. The molecule has 26 heavy (non-hydrogen) atoms.